The van der Waals surface area contributed by atoms with Gasteiger partial charge in [0, 0.05) is 0 Å². The number of hydrogen-bond donors (Lipinski definition) is 0. The van der Waals surface area contributed by atoms with Crippen LogP contribution in [-0.2, 0) is 0 Å². The van der Waals surface area contributed by atoms with Gasteiger partial charge in [-0.25, -0.2) is 0 Å². The van der Waals surface area contributed by atoms with Crippen molar-refractivity contribution < 1.29 is 685 Å². The average Bonchev–Trinajstić information content (AvgIpc) is 3.01. The van der Waals surface area contributed by atoms with Crippen LogP contribution in [0.4, 0.5) is 22.7 Å². The molecular formula is C28H28N2Ra16. The molecule has 0 spiro atoms. The second kappa shape index (κ2) is 27.7. The van der Waals surface area contributed by atoms with Gasteiger partial charge in [-0.3, -0.25) is 0 Å². The van der Waals surface area contributed by atoms with Gasteiger partial charge in [-0.1, -0.05) is 0 Å². The molecule has 0 aliphatic heterocycles. The first-order chi connectivity index (χ1) is 21.2. The maximum atomic E-state index is 2.92. The van der Waals surface area contributed by atoms with Crippen molar-refractivity contribution in [2.45, 2.75) is 13.8 Å². The van der Waals surface area contributed by atoms with Crippen molar-refractivity contribution in [2.24, 2.45) is 0 Å². The molecular weight excluding hydrogens is 3980 g/mol. The van der Waals surface area contributed by atoms with E-state index in [-0.39, 0.29) is 0 Å². The molecule has 0 N–H and O–H groups in total. The molecule has 0 radical (unpaired) electrons. The molecule has 0 bridgehead atoms. The first kappa shape index (κ1) is 58.5. The minimum absolute atomic E-state index is 0.373. The van der Waals surface area contributed by atoms with Gasteiger partial charge in [-0.05, 0) is 0 Å². The summed E-state index contributed by atoms with van der Waals surface area (Å²) >= 11 is 6.62. The molecule has 2 nitrogen and oxygen atoms in total. The van der Waals surface area contributed by atoms with E-state index in [4.69, 9.17) is 0 Å². The number of hydrogen-bond acceptors (Lipinski definition) is 2. The number of benzene rings is 4. The van der Waals surface area contributed by atoms with Gasteiger partial charge < -0.3 is 0 Å². The SMILES string of the molecule is Cc1[c]([RaH])[c]([RaH])c(N(C)c2[c]([RaH])[c]([RaH])c(-c3[c]([RaH])[c]([RaH])c(N(C)c4[c]([RaH])[c]([RaH])c(C)[c]([RaH])[c]4[RaH])[c]([RaH])[c]3[RaH])[c]([RaH])[c]2[RaH])[c]([RaH])[c]1[RaH]. The van der Waals surface area contributed by atoms with Crippen molar-refractivity contribution in [3.05, 3.63) is 11.1 Å². The third kappa shape index (κ3) is 13.7. The van der Waals surface area contributed by atoms with Gasteiger partial charge in [0.1, 0.15) is 0 Å². The summed E-state index contributed by atoms with van der Waals surface area (Å²) in [5.41, 5.74) is 15.1. The molecule has 0 aliphatic rings. The molecule has 0 heterocycles. The molecule has 0 aromatic heterocycles. The van der Waals surface area contributed by atoms with Crippen molar-refractivity contribution in [3.63, 3.8) is 0 Å². The van der Waals surface area contributed by atoms with Crippen LogP contribution in [0, 0.1) is 699 Å². The maximum absolute atomic E-state index is 2.92. The zero-order valence-electron chi connectivity index (χ0n) is 32.9. The number of rotatable bonds is 5. The Balaban J connectivity index is 1.99. The van der Waals surface area contributed by atoms with Crippen LogP contribution in [0.5, 0.6) is 0 Å². The van der Waals surface area contributed by atoms with Gasteiger partial charge in [-0.15, -0.1) is 0 Å². The first-order valence-electron chi connectivity index (χ1n) is 17.0. The number of nitrogens with zero attached hydrogens (tertiary/aromatic N) is 2. The molecule has 4 rings (SSSR count). The summed E-state index contributed by atoms with van der Waals surface area (Å²) in [7, 11) is 5.15. The van der Waals surface area contributed by atoms with E-state index in [0.29, 0.717) is 685 Å². The molecule has 0 atom stereocenters. The molecule has 0 aliphatic carbocycles. The van der Waals surface area contributed by atoms with Crippen LogP contribution in [0.15, 0.2) is 0 Å². The van der Waals surface area contributed by atoms with E-state index in [2.05, 4.69) is 37.7 Å². The molecule has 0 unspecified atom stereocenters. The third-order valence-corrected chi connectivity index (χ3v) is 233. The Morgan fingerprint density at radius 1 is 0.261 bits per heavy atom. The molecule has 4 aromatic rings. The summed E-state index contributed by atoms with van der Waals surface area (Å²) in [5.74, 6) is 0. The zero-order chi connectivity index (χ0) is 35.0. The second-order valence-corrected chi connectivity index (χ2v) is 80.3. The summed E-state index contributed by atoms with van der Waals surface area (Å²) in [4.78, 5) is 5.85. The Hall–Kier alpha value is 20.0. The molecule has 182 valence electrons. The van der Waals surface area contributed by atoms with Crippen molar-refractivity contribution >= 4 is 32.4 Å². The monoisotopic (exact) mass is 4010 g/mol. The van der Waals surface area contributed by atoms with E-state index in [9.17, 15) is 0 Å². The van der Waals surface area contributed by atoms with Gasteiger partial charge >= 0.3 is 777 Å². The predicted octanol–water partition coefficient (Wildman–Crippen LogP) is -9.98. The van der Waals surface area contributed by atoms with Gasteiger partial charge in [0.15, 0.2) is 0 Å². The summed E-state index contributed by atoms with van der Waals surface area (Å²) in [5, 5.41) is 0. The van der Waals surface area contributed by atoms with E-state index < -0.39 is 0 Å². The Kier molecular flexibility index (Phi) is 35.2. The van der Waals surface area contributed by atoms with E-state index in [0.717, 1.165) is 0 Å². The van der Waals surface area contributed by atoms with E-state index in [1.54, 1.807) is 0 Å². The Morgan fingerprint density at radius 3 is 0.587 bits per heavy atom. The standard InChI is InChI=1S/C28H12N2.16Ra.16H/c1-21-5-13-25(14-6-21)29(3)27-17-9-23(10-18-27)24-11-19-28(20-12-24)30(4)26-15-7-22(2)8-16-26;;;;;;;;;;;;;;;;;;;;;;;;;;;;;;;;/h1-4H3;;;;;;;;;;;;;;;;;;;;;;;;;;;;;;;;. The molecule has 0 saturated carbocycles. The summed E-state index contributed by atoms with van der Waals surface area (Å²) in [6.07, 6.45) is 0. The summed E-state index contributed by atoms with van der Waals surface area (Å²) in [6.45, 7) is 5.04. The van der Waals surface area contributed by atoms with Crippen LogP contribution in [0.25, 0.3) is 11.1 Å². The normalized spacial score (nSPS) is 10.8. The van der Waals surface area contributed by atoms with E-state index in [1.807, 2.05) is 54.7 Å². The number of anilines is 4. The Morgan fingerprint density at radius 2 is 0.413 bits per heavy atom. The zero-order valence-corrected chi connectivity index (χ0v) is 164. The van der Waals surface area contributed by atoms with Crippen molar-refractivity contribution in [1.29, 1.82) is 0 Å². The van der Waals surface area contributed by atoms with Gasteiger partial charge in [0.05, 0.1) is 0 Å². The first-order valence-corrected chi connectivity index (χ1v) is 82.8. The van der Waals surface area contributed by atoms with E-state index in [1.165, 1.54) is 0 Å². The van der Waals surface area contributed by atoms with Crippen LogP contribution < -0.4 is 19.5 Å². The Bertz CT molecular complexity index is 1720. The van der Waals surface area contributed by atoms with Gasteiger partial charge in [-0.2, -0.15) is 0 Å². The van der Waals surface area contributed by atoms with Crippen LogP contribution >= 0.6 is 0 Å². The molecule has 46 heavy (non-hydrogen) atoms. The van der Waals surface area contributed by atoms with Gasteiger partial charge in [0.25, 0.3) is 0 Å². The van der Waals surface area contributed by atoms with Crippen molar-refractivity contribution in [2.75, 3.05) is 23.9 Å². The fourth-order valence-electron chi connectivity index (χ4n) is 8.53. The minimum atomic E-state index is 0.373. The van der Waals surface area contributed by atoms with Crippen molar-refractivity contribution in [3.8, 4) is 11.1 Å². The van der Waals surface area contributed by atoms with Crippen LogP contribution in [0.2, 0.25) is 0 Å². The fourth-order valence-corrected chi connectivity index (χ4v) is 134. The Labute approximate surface area is 744 Å². The predicted molar refractivity (Wildman–Crippen MR) is 147 cm³/mol. The van der Waals surface area contributed by atoms with Crippen molar-refractivity contribution in [1.82, 2.24) is 0 Å². The molecule has 0 saturated heterocycles. The van der Waals surface area contributed by atoms with Gasteiger partial charge in [0.2, 0.25) is 0 Å². The molecule has 4 aromatic carbocycles. The second-order valence-electron chi connectivity index (χ2n) is 14.5. The van der Waals surface area contributed by atoms with E-state index >= 15 is 0 Å². The fraction of sp³-hybridized carbons (Fsp3) is 0.143. The third-order valence-electron chi connectivity index (χ3n) is 12.7. The molecule has 0 amide bonds. The summed E-state index contributed by atoms with van der Waals surface area (Å²) < 4.78 is 31.6. The molecule has 18 heteroatoms. The summed E-state index contributed by atoms with van der Waals surface area (Å²) in [6, 6.07) is 0. The van der Waals surface area contributed by atoms with Crippen LogP contribution in [0.3, 0.4) is 0 Å². The van der Waals surface area contributed by atoms with Crippen LogP contribution in [-0.4, -0.2) is 14.1 Å². The van der Waals surface area contributed by atoms with Crippen LogP contribution in [0.1, 0.15) is 11.1 Å². The topological polar surface area (TPSA) is 6.48 Å². The average molecular weight is 4010 g/mol. The quantitative estimate of drug-likeness (QED) is 0.197. The molecule has 0 fully saturated rings.